The van der Waals surface area contributed by atoms with E-state index in [0.29, 0.717) is 22.4 Å². The van der Waals surface area contributed by atoms with E-state index in [1.807, 2.05) is 39.8 Å². The van der Waals surface area contributed by atoms with E-state index in [2.05, 4.69) is 25.7 Å². The van der Waals surface area contributed by atoms with Gasteiger partial charge < -0.3 is 10.6 Å². The summed E-state index contributed by atoms with van der Waals surface area (Å²) in [5.41, 5.74) is 2.76. The molecule has 0 atom stereocenters. The fourth-order valence-electron chi connectivity index (χ4n) is 2.91. The number of rotatable bonds is 6. The van der Waals surface area contributed by atoms with Crippen LogP contribution in [0.1, 0.15) is 48.1 Å². The zero-order valence-corrected chi connectivity index (χ0v) is 16.5. The van der Waals surface area contributed by atoms with E-state index < -0.39 is 0 Å². The summed E-state index contributed by atoms with van der Waals surface area (Å²) >= 11 is 0. The molecule has 3 aromatic heterocycles. The summed E-state index contributed by atoms with van der Waals surface area (Å²) in [6.45, 7) is 7.94. The van der Waals surface area contributed by atoms with Gasteiger partial charge in [0.05, 0.1) is 17.1 Å². The third kappa shape index (κ3) is 4.33. The predicted molar refractivity (Wildman–Crippen MR) is 107 cm³/mol. The van der Waals surface area contributed by atoms with Crippen molar-refractivity contribution in [2.24, 2.45) is 0 Å². The van der Waals surface area contributed by atoms with Gasteiger partial charge in [0.2, 0.25) is 5.91 Å². The molecule has 28 heavy (non-hydrogen) atoms. The van der Waals surface area contributed by atoms with Crippen molar-refractivity contribution in [3.63, 3.8) is 0 Å². The summed E-state index contributed by atoms with van der Waals surface area (Å²) in [5.74, 6) is 0.0475. The second-order valence-electron chi connectivity index (χ2n) is 6.95. The van der Waals surface area contributed by atoms with Gasteiger partial charge >= 0.3 is 0 Å². The van der Waals surface area contributed by atoms with Gasteiger partial charge in [-0.05, 0) is 45.9 Å². The molecule has 3 aromatic rings. The SMILES string of the molecule is Cc1cccc(NC(=O)CCNC(=O)c2cc(C)nc3c2cnn3C(C)C)n1. The zero-order valence-electron chi connectivity index (χ0n) is 16.5. The zero-order chi connectivity index (χ0) is 20.3. The van der Waals surface area contributed by atoms with Crippen molar-refractivity contribution >= 4 is 28.7 Å². The number of carbonyl (C=O) groups excluding carboxylic acids is 2. The van der Waals surface area contributed by atoms with Crippen LogP contribution >= 0.6 is 0 Å². The molecule has 0 spiro atoms. The number of anilines is 1. The Morgan fingerprint density at radius 3 is 2.64 bits per heavy atom. The van der Waals surface area contributed by atoms with Crippen molar-refractivity contribution in [2.75, 3.05) is 11.9 Å². The van der Waals surface area contributed by atoms with E-state index in [4.69, 9.17) is 0 Å². The number of hydrogen-bond donors (Lipinski definition) is 2. The van der Waals surface area contributed by atoms with Crippen LogP contribution < -0.4 is 10.6 Å². The largest absolute Gasteiger partial charge is 0.351 e. The standard InChI is InChI=1S/C20H24N6O2/c1-12(2)26-19-16(11-22-26)15(10-14(4)24-19)20(28)21-9-8-18(27)25-17-7-5-6-13(3)23-17/h5-7,10-12H,8-9H2,1-4H3,(H,21,28)(H,23,25,27). The highest BCUT2D eigenvalue weighted by molar-refractivity contribution is 6.05. The first-order valence-corrected chi connectivity index (χ1v) is 9.21. The Labute approximate surface area is 163 Å². The third-order valence-electron chi connectivity index (χ3n) is 4.22. The van der Waals surface area contributed by atoms with Gasteiger partial charge in [-0.25, -0.2) is 14.6 Å². The normalized spacial score (nSPS) is 11.0. The van der Waals surface area contributed by atoms with E-state index >= 15 is 0 Å². The Bertz CT molecular complexity index is 1020. The van der Waals surface area contributed by atoms with E-state index in [9.17, 15) is 9.59 Å². The molecule has 0 aliphatic carbocycles. The molecule has 146 valence electrons. The van der Waals surface area contributed by atoms with Crippen molar-refractivity contribution < 1.29 is 9.59 Å². The summed E-state index contributed by atoms with van der Waals surface area (Å²) in [6, 6.07) is 7.29. The number of nitrogens with zero attached hydrogens (tertiary/aromatic N) is 4. The fraction of sp³-hybridized carbons (Fsp3) is 0.350. The number of nitrogens with one attached hydrogen (secondary N) is 2. The minimum Gasteiger partial charge on any atom is -0.351 e. The molecule has 0 fully saturated rings. The van der Waals surface area contributed by atoms with Crippen LogP contribution in [0.4, 0.5) is 5.82 Å². The Morgan fingerprint density at radius 1 is 1.14 bits per heavy atom. The van der Waals surface area contributed by atoms with E-state index in [1.165, 1.54) is 0 Å². The van der Waals surface area contributed by atoms with Crippen molar-refractivity contribution in [3.8, 4) is 0 Å². The average Bonchev–Trinajstić information content (AvgIpc) is 3.04. The number of carbonyl (C=O) groups is 2. The molecule has 0 aliphatic heterocycles. The molecule has 0 bridgehead atoms. The molecule has 0 unspecified atom stereocenters. The minimum absolute atomic E-state index is 0.140. The molecule has 3 rings (SSSR count). The van der Waals surface area contributed by atoms with Crippen LogP contribution in [0.3, 0.4) is 0 Å². The van der Waals surface area contributed by atoms with E-state index in [1.54, 1.807) is 23.0 Å². The molecule has 3 heterocycles. The lowest BCUT2D eigenvalue weighted by Crippen LogP contribution is -2.28. The number of fused-ring (bicyclic) bond motifs is 1. The maximum absolute atomic E-state index is 12.7. The number of hydrogen-bond acceptors (Lipinski definition) is 5. The van der Waals surface area contributed by atoms with Crippen molar-refractivity contribution in [3.05, 3.63) is 47.4 Å². The Balaban J connectivity index is 1.64. The average molecular weight is 380 g/mol. The molecule has 0 aromatic carbocycles. The van der Waals surface area contributed by atoms with Crippen LogP contribution in [0, 0.1) is 13.8 Å². The molecule has 2 N–H and O–H groups in total. The number of aryl methyl sites for hydroxylation is 2. The van der Waals surface area contributed by atoms with Crippen LogP contribution in [-0.4, -0.2) is 38.1 Å². The molecule has 8 nitrogen and oxygen atoms in total. The van der Waals surface area contributed by atoms with Gasteiger partial charge in [-0.3, -0.25) is 9.59 Å². The van der Waals surface area contributed by atoms with Crippen molar-refractivity contribution in [2.45, 2.75) is 40.2 Å². The highest BCUT2D eigenvalue weighted by Gasteiger charge is 2.17. The van der Waals surface area contributed by atoms with E-state index in [-0.39, 0.29) is 30.8 Å². The third-order valence-corrected chi connectivity index (χ3v) is 4.22. The van der Waals surface area contributed by atoms with Gasteiger partial charge in [0.25, 0.3) is 5.91 Å². The van der Waals surface area contributed by atoms with E-state index in [0.717, 1.165) is 11.4 Å². The summed E-state index contributed by atoms with van der Waals surface area (Å²) in [5, 5.41) is 10.6. The monoisotopic (exact) mass is 380 g/mol. The maximum Gasteiger partial charge on any atom is 0.252 e. The first kappa shape index (κ1) is 19.5. The Hall–Kier alpha value is -3.29. The van der Waals surface area contributed by atoms with Crippen LogP contribution in [0.5, 0.6) is 0 Å². The smallest absolute Gasteiger partial charge is 0.252 e. The molecule has 0 aliphatic rings. The summed E-state index contributed by atoms with van der Waals surface area (Å²) in [6.07, 6.45) is 1.81. The van der Waals surface area contributed by atoms with Crippen LogP contribution in [0.25, 0.3) is 11.0 Å². The lowest BCUT2D eigenvalue weighted by atomic mass is 10.1. The first-order chi connectivity index (χ1) is 13.3. The van der Waals surface area contributed by atoms with Gasteiger partial charge in [-0.15, -0.1) is 0 Å². The van der Waals surface area contributed by atoms with Crippen molar-refractivity contribution in [1.82, 2.24) is 25.1 Å². The quantitative estimate of drug-likeness (QED) is 0.685. The molecule has 0 saturated carbocycles. The highest BCUT2D eigenvalue weighted by Crippen LogP contribution is 2.20. The van der Waals surface area contributed by atoms with Gasteiger partial charge in [0.15, 0.2) is 5.65 Å². The van der Waals surface area contributed by atoms with Crippen LogP contribution in [0.15, 0.2) is 30.5 Å². The lowest BCUT2D eigenvalue weighted by molar-refractivity contribution is -0.116. The summed E-state index contributed by atoms with van der Waals surface area (Å²) in [4.78, 5) is 33.5. The minimum atomic E-state index is -0.250. The topological polar surface area (TPSA) is 102 Å². The number of aromatic nitrogens is 4. The van der Waals surface area contributed by atoms with Gasteiger partial charge in [0, 0.05) is 30.4 Å². The predicted octanol–water partition coefficient (Wildman–Crippen LogP) is 2.78. The molecule has 8 heteroatoms. The summed E-state index contributed by atoms with van der Waals surface area (Å²) in [7, 11) is 0. The van der Waals surface area contributed by atoms with Crippen molar-refractivity contribution in [1.29, 1.82) is 0 Å². The molecule has 2 amide bonds. The Kier molecular flexibility index (Phi) is 5.67. The first-order valence-electron chi connectivity index (χ1n) is 9.21. The molecule has 0 saturated heterocycles. The number of amides is 2. The van der Waals surface area contributed by atoms with Gasteiger partial charge in [0.1, 0.15) is 5.82 Å². The van der Waals surface area contributed by atoms with Gasteiger partial charge in [-0.2, -0.15) is 5.10 Å². The Morgan fingerprint density at radius 2 is 1.93 bits per heavy atom. The molecular formula is C20H24N6O2. The van der Waals surface area contributed by atoms with Crippen LogP contribution in [0.2, 0.25) is 0 Å². The number of pyridine rings is 2. The molecule has 0 radical (unpaired) electrons. The van der Waals surface area contributed by atoms with Gasteiger partial charge in [-0.1, -0.05) is 6.07 Å². The lowest BCUT2D eigenvalue weighted by Gasteiger charge is -2.10. The summed E-state index contributed by atoms with van der Waals surface area (Å²) < 4.78 is 1.79. The maximum atomic E-state index is 12.7. The molecular weight excluding hydrogens is 356 g/mol. The second-order valence-corrected chi connectivity index (χ2v) is 6.95. The second kappa shape index (κ2) is 8.16. The van der Waals surface area contributed by atoms with Crippen LogP contribution in [-0.2, 0) is 4.79 Å². The fourth-order valence-corrected chi connectivity index (χ4v) is 2.91. The highest BCUT2D eigenvalue weighted by atomic mass is 16.2.